The van der Waals surface area contributed by atoms with Crippen LogP contribution in [0.15, 0.2) is 42.9 Å². The first-order valence-electron chi connectivity index (χ1n) is 7.60. The maximum Gasteiger partial charge on any atom is 0.132 e. The van der Waals surface area contributed by atoms with Gasteiger partial charge in [0.05, 0.1) is 0 Å². The summed E-state index contributed by atoms with van der Waals surface area (Å²) in [6, 6.07) is 9.05. The van der Waals surface area contributed by atoms with E-state index in [1.165, 1.54) is 24.0 Å². The Labute approximate surface area is 126 Å². The zero-order chi connectivity index (χ0) is 14.5. The van der Waals surface area contributed by atoms with E-state index in [4.69, 9.17) is 0 Å². The molecule has 0 saturated heterocycles. The van der Waals surface area contributed by atoms with Crippen LogP contribution < -0.4 is 10.2 Å². The summed E-state index contributed by atoms with van der Waals surface area (Å²) in [5.41, 5.74) is 2.59. The Hall–Kier alpha value is -1.94. The van der Waals surface area contributed by atoms with E-state index in [1.54, 1.807) is 0 Å². The number of rotatable bonds is 7. The van der Waals surface area contributed by atoms with Crippen LogP contribution in [0.4, 0.5) is 5.82 Å². The lowest BCUT2D eigenvalue weighted by Gasteiger charge is -2.21. The zero-order valence-electron chi connectivity index (χ0n) is 12.5. The van der Waals surface area contributed by atoms with Crippen molar-refractivity contribution in [1.82, 2.24) is 15.3 Å². The molecule has 1 fully saturated rings. The van der Waals surface area contributed by atoms with Gasteiger partial charge in [-0.3, -0.25) is 4.98 Å². The predicted octanol–water partition coefficient (Wildman–Crippen LogP) is 2.41. The Morgan fingerprint density at radius 2 is 2.00 bits per heavy atom. The largest absolute Gasteiger partial charge is 0.359 e. The van der Waals surface area contributed by atoms with E-state index in [1.807, 2.05) is 24.7 Å². The van der Waals surface area contributed by atoms with Crippen LogP contribution in [-0.4, -0.2) is 29.6 Å². The molecule has 0 spiro atoms. The lowest BCUT2D eigenvalue weighted by molar-refractivity contribution is 0.682. The first-order chi connectivity index (χ1) is 10.3. The number of anilines is 1. The molecule has 0 amide bonds. The molecule has 0 aliphatic heterocycles. The van der Waals surface area contributed by atoms with Gasteiger partial charge in [0.2, 0.25) is 0 Å². The summed E-state index contributed by atoms with van der Waals surface area (Å²) in [4.78, 5) is 10.9. The van der Waals surface area contributed by atoms with E-state index in [-0.39, 0.29) is 0 Å². The molecule has 0 unspecified atom stereocenters. The first-order valence-corrected chi connectivity index (χ1v) is 7.60. The summed E-state index contributed by atoms with van der Waals surface area (Å²) in [5, 5.41) is 3.57. The second-order valence-corrected chi connectivity index (χ2v) is 5.67. The van der Waals surface area contributed by atoms with Gasteiger partial charge in [0.25, 0.3) is 0 Å². The van der Waals surface area contributed by atoms with E-state index < -0.39 is 0 Å². The minimum atomic E-state index is 0.722. The van der Waals surface area contributed by atoms with Crippen molar-refractivity contribution in [2.75, 3.05) is 18.5 Å². The molecular weight excluding hydrogens is 260 g/mol. The van der Waals surface area contributed by atoms with Crippen molar-refractivity contribution >= 4 is 5.82 Å². The maximum atomic E-state index is 4.56. The molecule has 1 aliphatic carbocycles. The van der Waals surface area contributed by atoms with E-state index in [2.05, 4.69) is 45.4 Å². The summed E-state index contributed by atoms with van der Waals surface area (Å²) in [6.07, 6.45) is 9.20. The Bertz CT molecular complexity index is 566. The van der Waals surface area contributed by atoms with Gasteiger partial charge in [0, 0.05) is 50.3 Å². The molecule has 1 N–H and O–H groups in total. The minimum absolute atomic E-state index is 0.722. The number of hydrogen-bond donors (Lipinski definition) is 1. The van der Waals surface area contributed by atoms with Crippen LogP contribution in [-0.2, 0) is 13.0 Å². The Kier molecular flexibility index (Phi) is 4.46. The van der Waals surface area contributed by atoms with Crippen LogP contribution >= 0.6 is 0 Å². The van der Waals surface area contributed by atoms with Crippen molar-refractivity contribution in [3.8, 4) is 0 Å². The standard InChI is InChI=1S/C17H22N4/c1-21(12-8-14-6-10-18-11-7-14)17-15(3-2-9-19-17)13-20-16-4-5-16/h2-3,6-7,9-11,16,20H,4-5,8,12-13H2,1H3. The second kappa shape index (κ2) is 6.68. The van der Waals surface area contributed by atoms with Gasteiger partial charge in [-0.05, 0) is 43.0 Å². The van der Waals surface area contributed by atoms with Crippen molar-refractivity contribution in [1.29, 1.82) is 0 Å². The fraction of sp³-hybridized carbons (Fsp3) is 0.412. The molecule has 1 saturated carbocycles. The van der Waals surface area contributed by atoms with Crippen molar-refractivity contribution in [2.45, 2.75) is 31.8 Å². The molecule has 0 radical (unpaired) electrons. The highest BCUT2D eigenvalue weighted by molar-refractivity contribution is 5.46. The van der Waals surface area contributed by atoms with Crippen molar-refractivity contribution in [2.24, 2.45) is 0 Å². The highest BCUT2D eigenvalue weighted by Gasteiger charge is 2.20. The fourth-order valence-electron chi connectivity index (χ4n) is 2.41. The molecule has 2 aromatic rings. The zero-order valence-corrected chi connectivity index (χ0v) is 12.5. The summed E-state index contributed by atoms with van der Waals surface area (Å²) >= 11 is 0. The summed E-state index contributed by atoms with van der Waals surface area (Å²) in [7, 11) is 2.12. The average molecular weight is 282 g/mol. The Morgan fingerprint density at radius 1 is 1.19 bits per heavy atom. The average Bonchev–Trinajstić information content (AvgIpc) is 3.36. The lowest BCUT2D eigenvalue weighted by atomic mass is 10.2. The smallest absolute Gasteiger partial charge is 0.132 e. The molecule has 4 heteroatoms. The number of likely N-dealkylation sites (N-methyl/N-ethyl adjacent to an activating group) is 1. The number of pyridine rings is 2. The van der Waals surface area contributed by atoms with Crippen LogP contribution in [0, 0.1) is 0 Å². The normalized spacial score (nSPS) is 14.1. The van der Waals surface area contributed by atoms with Crippen LogP contribution in [0.2, 0.25) is 0 Å². The van der Waals surface area contributed by atoms with Crippen LogP contribution in [0.5, 0.6) is 0 Å². The molecule has 0 bridgehead atoms. The second-order valence-electron chi connectivity index (χ2n) is 5.67. The number of nitrogens with one attached hydrogen (secondary N) is 1. The van der Waals surface area contributed by atoms with Crippen LogP contribution in [0.25, 0.3) is 0 Å². The highest BCUT2D eigenvalue weighted by atomic mass is 15.2. The molecule has 110 valence electrons. The Morgan fingerprint density at radius 3 is 2.76 bits per heavy atom. The molecular formula is C17H22N4. The van der Waals surface area contributed by atoms with Gasteiger partial charge in [-0.25, -0.2) is 4.98 Å². The van der Waals surface area contributed by atoms with Gasteiger partial charge in [0.1, 0.15) is 5.82 Å². The van der Waals surface area contributed by atoms with E-state index in [0.29, 0.717) is 0 Å². The summed E-state index contributed by atoms with van der Waals surface area (Å²) < 4.78 is 0. The van der Waals surface area contributed by atoms with Gasteiger partial charge in [-0.1, -0.05) is 6.07 Å². The maximum absolute atomic E-state index is 4.56. The predicted molar refractivity (Wildman–Crippen MR) is 85.3 cm³/mol. The molecule has 2 aromatic heterocycles. The fourth-order valence-corrected chi connectivity index (χ4v) is 2.41. The molecule has 0 atom stereocenters. The summed E-state index contributed by atoms with van der Waals surface area (Å²) in [5.74, 6) is 1.08. The molecule has 4 nitrogen and oxygen atoms in total. The highest BCUT2D eigenvalue weighted by Crippen LogP contribution is 2.21. The monoisotopic (exact) mass is 282 g/mol. The van der Waals surface area contributed by atoms with Crippen molar-refractivity contribution < 1.29 is 0 Å². The Balaban J connectivity index is 1.61. The first kappa shape index (κ1) is 14.0. The van der Waals surface area contributed by atoms with Crippen molar-refractivity contribution in [3.63, 3.8) is 0 Å². The lowest BCUT2D eigenvalue weighted by Crippen LogP contribution is -2.25. The van der Waals surface area contributed by atoms with Gasteiger partial charge in [-0.2, -0.15) is 0 Å². The molecule has 1 aliphatic rings. The van der Waals surface area contributed by atoms with Crippen LogP contribution in [0.1, 0.15) is 24.0 Å². The number of aromatic nitrogens is 2. The quantitative estimate of drug-likeness (QED) is 0.846. The number of hydrogen-bond acceptors (Lipinski definition) is 4. The van der Waals surface area contributed by atoms with E-state index >= 15 is 0 Å². The van der Waals surface area contributed by atoms with Crippen LogP contribution in [0.3, 0.4) is 0 Å². The van der Waals surface area contributed by atoms with Crippen molar-refractivity contribution in [3.05, 3.63) is 54.0 Å². The van der Waals surface area contributed by atoms with E-state index in [0.717, 1.165) is 31.4 Å². The topological polar surface area (TPSA) is 41.1 Å². The van der Waals surface area contributed by atoms with Gasteiger partial charge < -0.3 is 10.2 Å². The van der Waals surface area contributed by atoms with Gasteiger partial charge in [-0.15, -0.1) is 0 Å². The number of nitrogens with zero attached hydrogens (tertiary/aromatic N) is 3. The molecule has 3 rings (SSSR count). The molecule has 21 heavy (non-hydrogen) atoms. The minimum Gasteiger partial charge on any atom is -0.359 e. The molecule has 0 aromatic carbocycles. The van der Waals surface area contributed by atoms with E-state index in [9.17, 15) is 0 Å². The van der Waals surface area contributed by atoms with Gasteiger partial charge >= 0.3 is 0 Å². The third kappa shape index (κ3) is 4.02. The molecule has 2 heterocycles. The summed E-state index contributed by atoms with van der Waals surface area (Å²) in [6.45, 7) is 1.87. The SMILES string of the molecule is CN(CCc1ccncc1)c1ncccc1CNC1CC1. The van der Waals surface area contributed by atoms with Gasteiger partial charge in [0.15, 0.2) is 0 Å². The third-order valence-electron chi connectivity index (χ3n) is 3.87. The third-order valence-corrected chi connectivity index (χ3v) is 3.87.